The maximum absolute atomic E-state index is 10.9. The zero-order valence-corrected chi connectivity index (χ0v) is 11.3. The Morgan fingerprint density at radius 1 is 1.59 bits per heavy atom. The van der Waals surface area contributed by atoms with Gasteiger partial charge in [-0.15, -0.1) is 11.8 Å². The van der Waals surface area contributed by atoms with Crippen LogP contribution in [-0.2, 0) is 9.53 Å². The molecule has 1 atom stereocenters. The molecule has 1 rings (SSSR count). The van der Waals surface area contributed by atoms with Gasteiger partial charge in [0.1, 0.15) is 0 Å². The Labute approximate surface area is 110 Å². The number of ether oxygens (including phenoxy) is 1. The molecule has 3 nitrogen and oxygen atoms in total. The lowest BCUT2D eigenvalue weighted by molar-refractivity contribution is -0.140. The first kappa shape index (κ1) is 14.4. The summed E-state index contributed by atoms with van der Waals surface area (Å²) in [5.74, 6) is 0.398. The Hall–Kier alpha value is -0.710. The topological polar surface area (TPSA) is 46.5 Å². The van der Waals surface area contributed by atoms with Gasteiger partial charge >= 0.3 is 5.97 Å². The second-order valence-electron chi connectivity index (χ2n) is 3.54. The average Bonchev–Trinajstić information content (AvgIpc) is 2.30. The van der Waals surface area contributed by atoms with E-state index in [9.17, 15) is 9.90 Å². The molecule has 0 aliphatic heterocycles. The predicted octanol–water partition coefficient (Wildman–Crippen LogP) is 3.05. The maximum atomic E-state index is 10.9. The van der Waals surface area contributed by atoms with E-state index >= 15 is 0 Å². The minimum atomic E-state index is -0.526. The number of hydrogen-bond donors (Lipinski definition) is 1. The van der Waals surface area contributed by atoms with E-state index in [0.717, 1.165) is 10.5 Å². The molecule has 5 heteroatoms. The quantitative estimate of drug-likeness (QED) is 0.662. The third-order valence-electron chi connectivity index (χ3n) is 2.23. The Morgan fingerprint density at radius 2 is 2.29 bits per heavy atom. The van der Waals surface area contributed by atoms with E-state index in [0.29, 0.717) is 17.2 Å². The molecule has 0 bridgehead atoms. The fraction of sp³-hybridized carbons (Fsp3) is 0.417. The van der Waals surface area contributed by atoms with Gasteiger partial charge in [0.25, 0.3) is 0 Å². The Morgan fingerprint density at radius 3 is 2.82 bits per heavy atom. The summed E-state index contributed by atoms with van der Waals surface area (Å²) >= 11 is 7.57. The molecule has 1 aromatic carbocycles. The Kier molecular flexibility index (Phi) is 5.82. The first-order valence-corrected chi connectivity index (χ1v) is 6.58. The van der Waals surface area contributed by atoms with E-state index in [1.165, 1.54) is 18.9 Å². The normalized spacial score (nSPS) is 12.2. The van der Waals surface area contributed by atoms with Gasteiger partial charge in [-0.05, 0) is 24.6 Å². The number of thioether (sulfide) groups is 1. The van der Waals surface area contributed by atoms with Crippen molar-refractivity contribution in [2.75, 3.05) is 12.9 Å². The Bertz CT molecular complexity index is 393. The number of halogens is 1. The van der Waals surface area contributed by atoms with Gasteiger partial charge in [0, 0.05) is 10.6 Å². The molecule has 0 fully saturated rings. The number of rotatable bonds is 5. The van der Waals surface area contributed by atoms with Crippen molar-refractivity contribution in [2.24, 2.45) is 0 Å². The van der Waals surface area contributed by atoms with Crippen LogP contribution in [0.4, 0.5) is 0 Å². The van der Waals surface area contributed by atoms with Crippen molar-refractivity contribution in [2.45, 2.75) is 24.3 Å². The molecule has 0 aromatic heterocycles. The van der Waals surface area contributed by atoms with Crippen LogP contribution in [0.15, 0.2) is 23.1 Å². The van der Waals surface area contributed by atoms with Crippen LogP contribution in [-0.4, -0.2) is 23.9 Å². The number of hydrogen-bond acceptors (Lipinski definition) is 4. The van der Waals surface area contributed by atoms with Gasteiger partial charge in [-0.25, -0.2) is 0 Å². The third kappa shape index (κ3) is 4.58. The van der Waals surface area contributed by atoms with Gasteiger partial charge in [0.2, 0.25) is 0 Å². The van der Waals surface area contributed by atoms with Gasteiger partial charge in [0.15, 0.2) is 0 Å². The van der Waals surface area contributed by atoms with Crippen LogP contribution in [0.2, 0.25) is 5.02 Å². The molecule has 94 valence electrons. The number of benzene rings is 1. The highest BCUT2D eigenvalue weighted by Gasteiger charge is 2.07. The van der Waals surface area contributed by atoms with Crippen LogP contribution >= 0.6 is 23.4 Å². The lowest BCUT2D eigenvalue weighted by Crippen LogP contribution is -2.01. The summed E-state index contributed by atoms with van der Waals surface area (Å²) in [6.45, 7) is 1.69. The van der Waals surface area contributed by atoms with Crippen molar-refractivity contribution in [1.82, 2.24) is 0 Å². The fourth-order valence-electron chi connectivity index (χ4n) is 1.24. The van der Waals surface area contributed by atoms with Crippen molar-refractivity contribution in [3.05, 3.63) is 28.8 Å². The van der Waals surface area contributed by atoms with Gasteiger partial charge in [0.05, 0.1) is 24.7 Å². The van der Waals surface area contributed by atoms with Crippen LogP contribution in [0.25, 0.3) is 0 Å². The molecule has 0 unspecified atom stereocenters. The summed E-state index contributed by atoms with van der Waals surface area (Å²) in [5, 5.41) is 9.99. The number of carbonyl (C=O) groups excluding carboxylic acids is 1. The number of aliphatic hydroxyl groups is 1. The molecule has 0 amide bonds. The van der Waals surface area contributed by atoms with Crippen LogP contribution in [0.5, 0.6) is 0 Å². The Balaban J connectivity index is 2.57. The van der Waals surface area contributed by atoms with Gasteiger partial charge in [-0.1, -0.05) is 17.7 Å². The van der Waals surface area contributed by atoms with Crippen molar-refractivity contribution < 1.29 is 14.6 Å². The van der Waals surface area contributed by atoms with Crippen LogP contribution < -0.4 is 0 Å². The second-order valence-corrected chi connectivity index (χ2v) is 5.08. The molecule has 0 spiro atoms. The summed E-state index contributed by atoms with van der Waals surface area (Å²) in [5.41, 5.74) is 0.785. The second kappa shape index (κ2) is 6.89. The zero-order valence-electron chi connectivity index (χ0n) is 9.77. The molecule has 0 aliphatic carbocycles. The van der Waals surface area contributed by atoms with Crippen LogP contribution in [0.3, 0.4) is 0 Å². The standard InChI is InChI=1S/C12H15ClO3S/c1-8(14)9-3-4-11(10(13)7-9)17-6-5-12(15)16-2/h3-4,7-8,14H,5-6H2,1-2H3/t8-/m1/s1. The first-order chi connectivity index (χ1) is 8.04. The van der Waals surface area contributed by atoms with Gasteiger partial charge < -0.3 is 9.84 Å². The predicted molar refractivity (Wildman–Crippen MR) is 69.4 cm³/mol. The first-order valence-electron chi connectivity index (χ1n) is 5.21. The number of esters is 1. The number of aliphatic hydroxyl groups excluding tert-OH is 1. The highest BCUT2D eigenvalue weighted by atomic mass is 35.5. The summed E-state index contributed by atoms with van der Waals surface area (Å²) in [4.78, 5) is 11.8. The third-order valence-corrected chi connectivity index (χ3v) is 3.73. The van der Waals surface area contributed by atoms with E-state index in [-0.39, 0.29) is 5.97 Å². The van der Waals surface area contributed by atoms with Crippen LogP contribution in [0.1, 0.15) is 25.0 Å². The summed E-state index contributed by atoms with van der Waals surface area (Å²) in [6, 6.07) is 5.43. The minimum Gasteiger partial charge on any atom is -0.469 e. The summed E-state index contributed by atoms with van der Waals surface area (Å²) in [6.07, 6.45) is -0.169. The van der Waals surface area contributed by atoms with Crippen molar-refractivity contribution in [3.8, 4) is 0 Å². The molecule has 0 saturated heterocycles. The van der Waals surface area contributed by atoms with Crippen molar-refractivity contribution in [1.29, 1.82) is 0 Å². The molecule has 0 saturated carbocycles. The van der Waals surface area contributed by atoms with Gasteiger partial charge in [-0.2, -0.15) is 0 Å². The molecule has 17 heavy (non-hydrogen) atoms. The minimum absolute atomic E-state index is 0.228. The van der Waals surface area contributed by atoms with E-state index in [1.807, 2.05) is 12.1 Å². The zero-order chi connectivity index (χ0) is 12.8. The van der Waals surface area contributed by atoms with E-state index < -0.39 is 6.10 Å². The van der Waals surface area contributed by atoms with Gasteiger partial charge in [-0.3, -0.25) is 4.79 Å². The fourth-order valence-corrected chi connectivity index (χ4v) is 2.44. The molecule has 1 aromatic rings. The van der Waals surface area contributed by atoms with Crippen molar-refractivity contribution >= 4 is 29.3 Å². The largest absolute Gasteiger partial charge is 0.469 e. The number of carbonyl (C=O) groups is 1. The van der Waals surface area contributed by atoms with E-state index in [4.69, 9.17) is 11.6 Å². The smallest absolute Gasteiger partial charge is 0.306 e. The van der Waals surface area contributed by atoms with E-state index in [1.54, 1.807) is 13.0 Å². The highest BCUT2D eigenvalue weighted by Crippen LogP contribution is 2.30. The molecule has 0 aliphatic rings. The van der Waals surface area contributed by atoms with Crippen LogP contribution in [0, 0.1) is 0 Å². The SMILES string of the molecule is COC(=O)CCSc1ccc([C@@H](C)O)cc1Cl. The molecule has 0 radical (unpaired) electrons. The molecular weight excluding hydrogens is 260 g/mol. The summed E-state index contributed by atoms with van der Waals surface area (Å²) < 4.78 is 4.55. The number of methoxy groups -OCH3 is 1. The average molecular weight is 275 g/mol. The summed E-state index contributed by atoms with van der Waals surface area (Å²) in [7, 11) is 1.37. The highest BCUT2D eigenvalue weighted by molar-refractivity contribution is 7.99. The monoisotopic (exact) mass is 274 g/mol. The molecule has 0 heterocycles. The lowest BCUT2D eigenvalue weighted by atomic mass is 10.1. The lowest BCUT2D eigenvalue weighted by Gasteiger charge is -2.08. The van der Waals surface area contributed by atoms with Crippen molar-refractivity contribution in [3.63, 3.8) is 0 Å². The molecule has 1 N–H and O–H groups in total. The van der Waals surface area contributed by atoms with E-state index in [2.05, 4.69) is 4.74 Å². The maximum Gasteiger partial charge on any atom is 0.306 e. The molecular formula is C12H15ClO3S.